The van der Waals surface area contributed by atoms with E-state index in [-0.39, 0.29) is 11.9 Å². The minimum Gasteiger partial charge on any atom is -0.392 e. The number of nitrogens with zero attached hydrogens (tertiary/aromatic N) is 1. The monoisotopic (exact) mass is 211 g/mol. The summed E-state index contributed by atoms with van der Waals surface area (Å²) in [4.78, 5) is 16.2. The second-order valence-corrected chi connectivity index (χ2v) is 4.23. The van der Waals surface area contributed by atoms with E-state index in [0.717, 1.165) is 6.42 Å². The Balaban J connectivity index is 2.04. The van der Waals surface area contributed by atoms with Gasteiger partial charge in [-0.25, -0.2) is 0 Å². The SMILES string of the molecule is CCCCCCCC1CC(C(C)=O)=NO1. The maximum absolute atomic E-state index is 11.0. The Morgan fingerprint density at radius 1 is 1.40 bits per heavy atom. The molecule has 1 heterocycles. The molecule has 15 heavy (non-hydrogen) atoms. The number of carbonyl (C=O) groups excluding carboxylic acids is 1. The summed E-state index contributed by atoms with van der Waals surface area (Å²) in [5, 5.41) is 3.80. The fourth-order valence-electron chi connectivity index (χ4n) is 1.77. The van der Waals surface area contributed by atoms with Crippen LogP contribution >= 0.6 is 0 Å². The first-order valence-corrected chi connectivity index (χ1v) is 5.97. The molecular weight excluding hydrogens is 190 g/mol. The molecule has 1 aliphatic heterocycles. The van der Waals surface area contributed by atoms with Crippen molar-refractivity contribution in [3.8, 4) is 0 Å². The van der Waals surface area contributed by atoms with E-state index in [1.807, 2.05) is 0 Å². The highest BCUT2D eigenvalue weighted by Gasteiger charge is 2.22. The Morgan fingerprint density at radius 3 is 2.73 bits per heavy atom. The predicted octanol–water partition coefficient (Wildman–Crippen LogP) is 3.08. The van der Waals surface area contributed by atoms with Crippen LogP contribution in [0.1, 0.15) is 58.8 Å². The zero-order valence-electron chi connectivity index (χ0n) is 9.79. The van der Waals surface area contributed by atoms with Crippen molar-refractivity contribution in [2.45, 2.75) is 64.9 Å². The average molecular weight is 211 g/mol. The highest BCUT2D eigenvalue weighted by Crippen LogP contribution is 2.17. The number of Topliss-reactive ketones (excluding diaryl/α,β-unsaturated/α-hetero) is 1. The molecule has 0 aromatic rings. The van der Waals surface area contributed by atoms with E-state index in [4.69, 9.17) is 4.84 Å². The van der Waals surface area contributed by atoms with Crippen molar-refractivity contribution in [2.75, 3.05) is 0 Å². The quantitative estimate of drug-likeness (QED) is 0.607. The zero-order valence-corrected chi connectivity index (χ0v) is 9.79. The Bertz CT molecular complexity index is 236. The highest BCUT2D eigenvalue weighted by molar-refractivity contribution is 6.39. The van der Waals surface area contributed by atoms with Crippen molar-refractivity contribution in [3.63, 3.8) is 0 Å². The summed E-state index contributed by atoms with van der Waals surface area (Å²) in [7, 11) is 0. The Kier molecular flexibility index (Phi) is 5.37. The lowest BCUT2D eigenvalue weighted by Crippen LogP contribution is -2.12. The van der Waals surface area contributed by atoms with Crippen LogP contribution in [0.5, 0.6) is 0 Å². The van der Waals surface area contributed by atoms with Crippen molar-refractivity contribution < 1.29 is 9.63 Å². The van der Waals surface area contributed by atoms with Crippen LogP contribution in [0.4, 0.5) is 0 Å². The van der Waals surface area contributed by atoms with Gasteiger partial charge >= 0.3 is 0 Å². The van der Waals surface area contributed by atoms with Gasteiger partial charge in [-0.05, 0) is 12.8 Å². The maximum atomic E-state index is 11.0. The van der Waals surface area contributed by atoms with Gasteiger partial charge in [-0.1, -0.05) is 37.8 Å². The summed E-state index contributed by atoms with van der Waals surface area (Å²) in [6.07, 6.45) is 8.26. The van der Waals surface area contributed by atoms with Gasteiger partial charge in [0.25, 0.3) is 0 Å². The minimum atomic E-state index is 0.0449. The van der Waals surface area contributed by atoms with Crippen LogP contribution < -0.4 is 0 Å². The number of carbonyl (C=O) groups is 1. The number of rotatable bonds is 7. The number of hydrogen-bond acceptors (Lipinski definition) is 3. The molecule has 1 aliphatic rings. The van der Waals surface area contributed by atoms with Gasteiger partial charge in [0.15, 0.2) is 5.78 Å². The van der Waals surface area contributed by atoms with Crippen LogP contribution in [0.25, 0.3) is 0 Å². The second-order valence-electron chi connectivity index (χ2n) is 4.23. The third kappa shape index (κ3) is 4.45. The molecule has 0 fully saturated rings. The molecule has 0 saturated heterocycles. The molecule has 0 N–H and O–H groups in total. The summed E-state index contributed by atoms with van der Waals surface area (Å²) in [5.74, 6) is 0.0449. The van der Waals surface area contributed by atoms with Crippen LogP contribution in [0.15, 0.2) is 5.16 Å². The van der Waals surface area contributed by atoms with Crippen molar-refractivity contribution in [2.24, 2.45) is 5.16 Å². The molecule has 1 unspecified atom stereocenters. The van der Waals surface area contributed by atoms with Gasteiger partial charge in [0.2, 0.25) is 0 Å². The number of ketones is 1. The Morgan fingerprint density at radius 2 is 2.13 bits per heavy atom. The molecule has 1 rings (SSSR count). The molecule has 0 amide bonds. The lowest BCUT2D eigenvalue weighted by atomic mass is 10.0. The van der Waals surface area contributed by atoms with Gasteiger partial charge in [0, 0.05) is 13.3 Å². The van der Waals surface area contributed by atoms with Crippen LogP contribution in [0.3, 0.4) is 0 Å². The van der Waals surface area contributed by atoms with E-state index >= 15 is 0 Å². The Hall–Kier alpha value is -0.860. The van der Waals surface area contributed by atoms with Gasteiger partial charge in [0.1, 0.15) is 11.8 Å². The molecule has 1 atom stereocenters. The smallest absolute Gasteiger partial charge is 0.177 e. The highest BCUT2D eigenvalue weighted by atomic mass is 16.6. The molecule has 3 heteroatoms. The van der Waals surface area contributed by atoms with E-state index in [2.05, 4.69) is 12.1 Å². The molecular formula is C12H21NO2. The first kappa shape index (κ1) is 12.2. The summed E-state index contributed by atoms with van der Waals surface area (Å²) >= 11 is 0. The number of unbranched alkanes of at least 4 members (excludes halogenated alkanes) is 4. The van der Waals surface area contributed by atoms with Gasteiger partial charge in [0.05, 0.1) is 0 Å². The summed E-state index contributed by atoms with van der Waals surface area (Å²) < 4.78 is 0. The average Bonchev–Trinajstić information content (AvgIpc) is 2.66. The van der Waals surface area contributed by atoms with Crippen LogP contribution in [0.2, 0.25) is 0 Å². The molecule has 0 aromatic carbocycles. The number of hydrogen-bond donors (Lipinski definition) is 0. The van der Waals surface area contributed by atoms with E-state index in [1.165, 1.54) is 32.1 Å². The third-order valence-corrected chi connectivity index (χ3v) is 2.77. The fraction of sp³-hybridized carbons (Fsp3) is 0.833. The van der Waals surface area contributed by atoms with Crippen molar-refractivity contribution in [1.29, 1.82) is 0 Å². The predicted molar refractivity (Wildman–Crippen MR) is 61.0 cm³/mol. The molecule has 0 saturated carbocycles. The molecule has 0 aromatic heterocycles. The van der Waals surface area contributed by atoms with Crippen LogP contribution in [-0.4, -0.2) is 17.6 Å². The molecule has 3 nitrogen and oxygen atoms in total. The van der Waals surface area contributed by atoms with Crippen molar-refractivity contribution in [1.82, 2.24) is 0 Å². The second kappa shape index (κ2) is 6.59. The van der Waals surface area contributed by atoms with Crippen LogP contribution in [0, 0.1) is 0 Å². The molecule has 0 radical (unpaired) electrons. The largest absolute Gasteiger partial charge is 0.392 e. The summed E-state index contributed by atoms with van der Waals surface area (Å²) in [6, 6.07) is 0. The lowest BCUT2D eigenvalue weighted by molar-refractivity contribution is -0.111. The van der Waals surface area contributed by atoms with E-state index in [0.29, 0.717) is 12.1 Å². The van der Waals surface area contributed by atoms with E-state index in [1.54, 1.807) is 6.92 Å². The molecule has 0 aliphatic carbocycles. The molecule has 86 valence electrons. The van der Waals surface area contributed by atoms with Gasteiger partial charge in [-0.15, -0.1) is 0 Å². The minimum absolute atomic E-state index is 0.0449. The van der Waals surface area contributed by atoms with Crippen LogP contribution in [-0.2, 0) is 9.63 Å². The first-order chi connectivity index (χ1) is 7.24. The van der Waals surface area contributed by atoms with Gasteiger partial charge in [-0.2, -0.15) is 0 Å². The molecule has 0 spiro atoms. The zero-order chi connectivity index (χ0) is 11.1. The fourth-order valence-corrected chi connectivity index (χ4v) is 1.77. The third-order valence-electron chi connectivity index (χ3n) is 2.77. The summed E-state index contributed by atoms with van der Waals surface area (Å²) in [6.45, 7) is 3.76. The number of oxime groups is 1. The van der Waals surface area contributed by atoms with Gasteiger partial charge in [-0.3, -0.25) is 4.79 Å². The van der Waals surface area contributed by atoms with E-state index in [9.17, 15) is 4.79 Å². The normalized spacial score (nSPS) is 19.9. The topological polar surface area (TPSA) is 38.7 Å². The maximum Gasteiger partial charge on any atom is 0.177 e. The first-order valence-electron chi connectivity index (χ1n) is 5.97. The Labute approximate surface area is 91.9 Å². The standard InChI is InChI=1S/C12H21NO2/c1-3-4-5-6-7-8-11-9-12(10(2)14)13-15-11/h11H,3-9H2,1-2H3. The van der Waals surface area contributed by atoms with Crippen molar-refractivity contribution in [3.05, 3.63) is 0 Å². The lowest BCUT2D eigenvalue weighted by Gasteiger charge is -2.06. The summed E-state index contributed by atoms with van der Waals surface area (Å²) in [5.41, 5.74) is 0.605. The molecule has 0 bridgehead atoms. The van der Waals surface area contributed by atoms with Gasteiger partial charge < -0.3 is 4.84 Å². The van der Waals surface area contributed by atoms with E-state index < -0.39 is 0 Å². The van der Waals surface area contributed by atoms with Crippen molar-refractivity contribution >= 4 is 11.5 Å².